The maximum absolute atomic E-state index is 4.87. The standard InChI is InChI=1S/C8H8NO/c1-7(10-2)8-4-3-5-9-6-8/h3-5H,1H2,2H3. The molecule has 0 atom stereocenters. The van der Waals surface area contributed by atoms with E-state index in [2.05, 4.69) is 17.8 Å². The van der Waals surface area contributed by atoms with E-state index in [4.69, 9.17) is 4.74 Å². The third-order valence-electron chi connectivity index (χ3n) is 1.16. The fourth-order valence-corrected chi connectivity index (χ4v) is 0.592. The number of hydrogen-bond donors (Lipinski definition) is 0. The molecule has 0 fully saturated rings. The van der Waals surface area contributed by atoms with Crippen LogP contribution in [0.4, 0.5) is 0 Å². The van der Waals surface area contributed by atoms with Crippen LogP contribution in [0.5, 0.6) is 0 Å². The summed E-state index contributed by atoms with van der Waals surface area (Å²) in [6, 6.07) is 3.66. The van der Waals surface area contributed by atoms with Gasteiger partial charge in [0.1, 0.15) is 12.0 Å². The van der Waals surface area contributed by atoms with Crippen LogP contribution < -0.4 is 0 Å². The van der Waals surface area contributed by atoms with Gasteiger partial charge in [0.05, 0.1) is 7.11 Å². The summed E-state index contributed by atoms with van der Waals surface area (Å²) in [5.74, 6) is 0.591. The molecule has 2 nitrogen and oxygen atoms in total. The summed E-state index contributed by atoms with van der Waals surface area (Å²) in [4.78, 5) is 3.79. The molecule has 0 amide bonds. The second-order valence-electron chi connectivity index (χ2n) is 1.79. The Balaban J connectivity index is 2.85. The molecule has 0 spiro atoms. The number of aromatic nitrogens is 1. The molecule has 0 unspecified atom stereocenters. The van der Waals surface area contributed by atoms with E-state index in [0.29, 0.717) is 5.76 Å². The van der Waals surface area contributed by atoms with Gasteiger partial charge in [-0.15, -0.1) is 0 Å². The van der Waals surface area contributed by atoms with Crippen molar-refractivity contribution in [2.75, 3.05) is 7.11 Å². The normalized spacial score (nSPS) is 8.90. The van der Waals surface area contributed by atoms with Gasteiger partial charge in [-0.3, -0.25) is 4.98 Å². The smallest absolute Gasteiger partial charge is 0.121 e. The van der Waals surface area contributed by atoms with Crippen LogP contribution in [0.1, 0.15) is 5.56 Å². The van der Waals surface area contributed by atoms with E-state index in [9.17, 15) is 0 Å². The van der Waals surface area contributed by atoms with Crippen molar-refractivity contribution in [2.24, 2.45) is 0 Å². The first-order valence-corrected chi connectivity index (χ1v) is 2.90. The molecule has 0 aliphatic carbocycles. The summed E-state index contributed by atoms with van der Waals surface area (Å²) in [6.45, 7) is 3.65. The molecule has 1 aromatic heterocycles. The zero-order valence-corrected chi connectivity index (χ0v) is 5.79. The van der Waals surface area contributed by atoms with Crippen LogP contribution in [0.15, 0.2) is 24.9 Å². The number of methoxy groups -OCH3 is 1. The lowest BCUT2D eigenvalue weighted by atomic mass is 10.2. The number of rotatable bonds is 2. The quantitative estimate of drug-likeness (QED) is 0.572. The van der Waals surface area contributed by atoms with Crippen molar-refractivity contribution in [3.63, 3.8) is 0 Å². The Bertz CT molecular complexity index is 218. The number of hydrogen-bond acceptors (Lipinski definition) is 2. The Kier molecular flexibility index (Phi) is 2.05. The molecule has 1 radical (unpaired) electrons. The molecule has 1 rings (SSSR count). The molecule has 0 bridgehead atoms. The predicted octanol–water partition coefficient (Wildman–Crippen LogP) is 1.50. The molecule has 0 N–H and O–H groups in total. The van der Waals surface area contributed by atoms with Crippen molar-refractivity contribution in [1.29, 1.82) is 0 Å². The van der Waals surface area contributed by atoms with Crippen molar-refractivity contribution < 1.29 is 4.74 Å². The van der Waals surface area contributed by atoms with E-state index in [-0.39, 0.29) is 0 Å². The number of nitrogens with zero attached hydrogens (tertiary/aromatic N) is 1. The van der Waals surface area contributed by atoms with Gasteiger partial charge in [-0.25, -0.2) is 0 Å². The van der Waals surface area contributed by atoms with Crippen molar-refractivity contribution in [3.8, 4) is 0 Å². The highest BCUT2D eigenvalue weighted by atomic mass is 16.5. The van der Waals surface area contributed by atoms with Crippen molar-refractivity contribution in [3.05, 3.63) is 36.7 Å². The van der Waals surface area contributed by atoms with E-state index in [1.807, 2.05) is 12.1 Å². The van der Waals surface area contributed by atoms with Crippen LogP contribution in [0.25, 0.3) is 5.76 Å². The zero-order valence-electron chi connectivity index (χ0n) is 5.79. The van der Waals surface area contributed by atoms with Crippen LogP contribution in [-0.4, -0.2) is 12.1 Å². The molecule has 2 heteroatoms. The summed E-state index contributed by atoms with van der Waals surface area (Å²) >= 11 is 0. The van der Waals surface area contributed by atoms with E-state index in [0.717, 1.165) is 5.56 Å². The average molecular weight is 134 g/mol. The Hall–Kier alpha value is -1.31. The van der Waals surface area contributed by atoms with Gasteiger partial charge < -0.3 is 4.74 Å². The minimum atomic E-state index is 0.591. The van der Waals surface area contributed by atoms with Crippen molar-refractivity contribution >= 4 is 5.76 Å². The largest absolute Gasteiger partial charge is 0.497 e. The Morgan fingerprint density at radius 3 is 3.10 bits per heavy atom. The van der Waals surface area contributed by atoms with Crippen LogP contribution >= 0.6 is 0 Å². The predicted molar refractivity (Wildman–Crippen MR) is 39.1 cm³/mol. The highest BCUT2D eigenvalue weighted by Gasteiger charge is 1.94. The molecular weight excluding hydrogens is 126 g/mol. The summed E-state index contributed by atoms with van der Waals surface area (Å²) in [5.41, 5.74) is 0.796. The summed E-state index contributed by atoms with van der Waals surface area (Å²) in [7, 11) is 1.57. The van der Waals surface area contributed by atoms with Gasteiger partial charge in [0.15, 0.2) is 0 Å². The molecule has 0 aliphatic rings. The Morgan fingerprint density at radius 2 is 2.60 bits per heavy atom. The van der Waals surface area contributed by atoms with E-state index in [1.54, 1.807) is 13.3 Å². The first kappa shape index (κ1) is 6.81. The summed E-state index contributed by atoms with van der Waals surface area (Å²) in [5, 5.41) is 0. The molecule has 0 saturated heterocycles. The van der Waals surface area contributed by atoms with Crippen molar-refractivity contribution in [2.45, 2.75) is 0 Å². The van der Waals surface area contributed by atoms with Crippen LogP contribution in [-0.2, 0) is 4.74 Å². The molecule has 0 saturated carbocycles. The van der Waals surface area contributed by atoms with Crippen LogP contribution in [0.2, 0.25) is 0 Å². The number of pyridine rings is 1. The van der Waals surface area contributed by atoms with E-state index >= 15 is 0 Å². The monoisotopic (exact) mass is 134 g/mol. The van der Waals surface area contributed by atoms with Gasteiger partial charge in [-0.05, 0) is 12.1 Å². The SMILES string of the molecule is C=C(OC)c1[c]nccc1. The maximum atomic E-state index is 4.87. The average Bonchev–Trinajstić information content (AvgIpc) is 2.05. The molecule has 0 aliphatic heterocycles. The second-order valence-corrected chi connectivity index (χ2v) is 1.79. The fraction of sp³-hybridized carbons (Fsp3) is 0.125. The molecule has 10 heavy (non-hydrogen) atoms. The minimum absolute atomic E-state index is 0.591. The lowest BCUT2D eigenvalue weighted by Gasteiger charge is -2.00. The van der Waals surface area contributed by atoms with Crippen molar-refractivity contribution in [1.82, 2.24) is 4.98 Å². The molecule has 0 aromatic carbocycles. The highest BCUT2D eigenvalue weighted by Crippen LogP contribution is 2.08. The molecular formula is C8H8NO. The van der Waals surface area contributed by atoms with Gasteiger partial charge in [-0.2, -0.15) is 0 Å². The highest BCUT2D eigenvalue weighted by molar-refractivity contribution is 5.55. The number of ether oxygens (including phenoxy) is 1. The van der Waals surface area contributed by atoms with Gasteiger partial charge in [0.25, 0.3) is 0 Å². The Morgan fingerprint density at radius 1 is 1.80 bits per heavy atom. The molecule has 1 aromatic rings. The minimum Gasteiger partial charge on any atom is -0.497 e. The van der Waals surface area contributed by atoms with Gasteiger partial charge in [0.2, 0.25) is 0 Å². The maximum Gasteiger partial charge on any atom is 0.121 e. The van der Waals surface area contributed by atoms with Crippen LogP contribution in [0.3, 0.4) is 0 Å². The van der Waals surface area contributed by atoms with Gasteiger partial charge in [-0.1, -0.05) is 6.58 Å². The van der Waals surface area contributed by atoms with Gasteiger partial charge >= 0.3 is 0 Å². The summed E-state index contributed by atoms with van der Waals surface area (Å²) in [6.07, 6.45) is 4.40. The lowest BCUT2D eigenvalue weighted by molar-refractivity contribution is 0.371. The summed E-state index contributed by atoms with van der Waals surface area (Å²) < 4.78 is 4.87. The fourth-order valence-electron chi connectivity index (χ4n) is 0.592. The third kappa shape index (κ3) is 1.35. The Labute approximate surface area is 60.2 Å². The second kappa shape index (κ2) is 3.01. The zero-order chi connectivity index (χ0) is 7.40. The molecule has 51 valence electrons. The van der Waals surface area contributed by atoms with Crippen LogP contribution in [0, 0.1) is 6.20 Å². The van der Waals surface area contributed by atoms with E-state index < -0.39 is 0 Å². The topological polar surface area (TPSA) is 22.1 Å². The molecule has 1 heterocycles. The third-order valence-corrected chi connectivity index (χ3v) is 1.16. The van der Waals surface area contributed by atoms with Gasteiger partial charge in [0, 0.05) is 11.8 Å². The first-order chi connectivity index (χ1) is 4.84. The lowest BCUT2D eigenvalue weighted by Crippen LogP contribution is -1.85. The first-order valence-electron chi connectivity index (χ1n) is 2.90. The van der Waals surface area contributed by atoms with E-state index in [1.165, 1.54) is 0 Å².